The molecule has 10 heteroatoms. The Hall–Kier alpha value is -1.51. The maximum atomic E-state index is 11.8. The summed E-state index contributed by atoms with van der Waals surface area (Å²) in [5.41, 5.74) is 0.508. The summed E-state index contributed by atoms with van der Waals surface area (Å²) in [5.74, 6) is -0.452. The summed E-state index contributed by atoms with van der Waals surface area (Å²) in [6.07, 6.45) is 0. The Morgan fingerprint density at radius 3 is 2.83 bits per heavy atom. The lowest BCUT2D eigenvalue weighted by Gasteiger charge is -2.13. The van der Waals surface area contributed by atoms with Gasteiger partial charge in [-0.05, 0) is 13.0 Å². The molecule has 0 unspecified atom stereocenters. The zero-order chi connectivity index (χ0) is 17.0. The maximum Gasteiger partial charge on any atom is 0.326 e. The quantitative estimate of drug-likeness (QED) is 0.792. The van der Waals surface area contributed by atoms with Crippen LogP contribution in [0.25, 0.3) is 0 Å². The number of aryl methyl sites for hydroxylation is 1. The van der Waals surface area contributed by atoms with E-state index < -0.39 is 18.5 Å². The van der Waals surface area contributed by atoms with Gasteiger partial charge in [0, 0.05) is 12.3 Å². The number of nitrogens with one attached hydrogen (secondary N) is 1. The Bertz CT molecular complexity index is 656. The zero-order valence-electron chi connectivity index (χ0n) is 12.1. The minimum Gasteiger partial charge on any atom is -0.454 e. The van der Waals surface area contributed by atoms with Gasteiger partial charge < -0.3 is 15.0 Å². The van der Waals surface area contributed by atoms with Crippen LogP contribution >= 0.6 is 35.0 Å². The summed E-state index contributed by atoms with van der Waals surface area (Å²) in [4.78, 5) is 40.1. The summed E-state index contributed by atoms with van der Waals surface area (Å²) >= 11 is 12.9. The zero-order valence-corrected chi connectivity index (χ0v) is 14.4. The molecule has 1 aromatic rings. The van der Waals surface area contributed by atoms with E-state index >= 15 is 0 Å². The average Bonchev–Trinajstić information content (AvgIpc) is 2.88. The van der Waals surface area contributed by atoms with E-state index in [2.05, 4.69) is 10.3 Å². The number of halogens is 2. The number of carbonyl (C=O) groups excluding carboxylic acids is 3. The summed E-state index contributed by atoms with van der Waals surface area (Å²) in [5, 5.41) is 2.83. The van der Waals surface area contributed by atoms with Crippen LogP contribution in [-0.2, 0) is 14.3 Å². The highest BCUT2D eigenvalue weighted by Crippen LogP contribution is 2.25. The van der Waals surface area contributed by atoms with Crippen molar-refractivity contribution in [1.29, 1.82) is 0 Å². The Labute approximate surface area is 146 Å². The first-order chi connectivity index (χ1) is 10.9. The summed E-state index contributed by atoms with van der Waals surface area (Å²) in [6, 6.07) is 1.46. The molecule has 0 atom stereocenters. The molecule has 1 saturated heterocycles. The third kappa shape index (κ3) is 4.98. The molecule has 0 aromatic carbocycles. The van der Waals surface area contributed by atoms with Gasteiger partial charge in [0.1, 0.15) is 6.54 Å². The smallest absolute Gasteiger partial charge is 0.326 e. The van der Waals surface area contributed by atoms with Crippen LogP contribution < -0.4 is 5.32 Å². The summed E-state index contributed by atoms with van der Waals surface area (Å²) in [6.45, 7) is 1.50. The van der Waals surface area contributed by atoms with Gasteiger partial charge in [-0.3, -0.25) is 14.4 Å². The van der Waals surface area contributed by atoms with E-state index in [4.69, 9.17) is 27.9 Å². The highest BCUT2D eigenvalue weighted by Gasteiger charge is 2.24. The molecule has 0 aliphatic carbocycles. The number of hydrogen-bond donors (Lipinski definition) is 1. The van der Waals surface area contributed by atoms with Crippen LogP contribution in [0.1, 0.15) is 5.69 Å². The van der Waals surface area contributed by atoms with Crippen LogP contribution in [0, 0.1) is 6.92 Å². The molecule has 0 radical (unpaired) electrons. The topological polar surface area (TPSA) is 88.6 Å². The molecule has 0 bridgehead atoms. The molecule has 2 heterocycles. The number of aromatic nitrogens is 1. The van der Waals surface area contributed by atoms with E-state index in [-0.39, 0.29) is 22.6 Å². The number of amides is 2. The van der Waals surface area contributed by atoms with E-state index in [1.807, 2.05) is 0 Å². The van der Waals surface area contributed by atoms with Crippen LogP contribution in [0.5, 0.6) is 0 Å². The second-order valence-corrected chi connectivity index (χ2v) is 6.49. The second-order valence-electron chi connectivity index (χ2n) is 4.63. The highest BCUT2D eigenvalue weighted by atomic mass is 35.5. The fraction of sp³-hybridized carbons (Fsp3) is 0.385. The Morgan fingerprint density at radius 2 is 2.17 bits per heavy atom. The minimum absolute atomic E-state index is 0.140. The number of nitrogens with zero attached hydrogens (tertiary/aromatic N) is 2. The monoisotopic (exact) mass is 377 g/mol. The van der Waals surface area contributed by atoms with E-state index in [1.54, 1.807) is 6.92 Å². The number of thioether (sulfide) groups is 1. The first kappa shape index (κ1) is 17.8. The average molecular weight is 378 g/mol. The van der Waals surface area contributed by atoms with Gasteiger partial charge in [-0.15, -0.1) is 0 Å². The molecule has 1 N–H and O–H groups in total. The first-order valence-corrected chi connectivity index (χ1v) is 8.31. The first-order valence-electron chi connectivity index (χ1n) is 6.56. The van der Waals surface area contributed by atoms with Crippen molar-refractivity contribution in [2.24, 2.45) is 0 Å². The van der Waals surface area contributed by atoms with Gasteiger partial charge in [-0.1, -0.05) is 35.0 Å². The number of rotatable bonds is 5. The number of pyridine rings is 1. The molecule has 23 heavy (non-hydrogen) atoms. The molecular weight excluding hydrogens is 365 g/mol. The van der Waals surface area contributed by atoms with Gasteiger partial charge in [-0.25, -0.2) is 4.98 Å². The van der Waals surface area contributed by atoms with Gasteiger partial charge in [-0.2, -0.15) is 0 Å². The number of hydrogen-bond acceptors (Lipinski definition) is 6. The number of ether oxygens (including phenoxy) is 1. The largest absolute Gasteiger partial charge is 0.454 e. The highest BCUT2D eigenvalue weighted by molar-refractivity contribution is 8.13. The van der Waals surface area contributed by atoms with Crippen molar-refractivity contribution in [3.8, 4) is 0 Å². The SMILES string of the molecule is Cc1nc(NC(=O)COC(=O)CN2CCSC2=O)c(Cl)cc1Cl. The lowest BCUT2D eigenvalue weighted by molar-refractivity contribution is -0.147. The van der Waals surface area contributed by atoms with Crippen LogP contribution in [0.2, 0.25) is 10.0 Å². The second kappa shape index (κ2) is 7.85. The predicted octanol–water partition coefficient (Wildman–Crippen LogP) is 2.35. The lowest BCUT2D eigenvalue weighted by Crippen LogP contribution is -2.32. The normalized spacial score (nSPS) is 14.0. The van der Waals surface area contributed by atoms with Crippen molar-refractivity contribution in [2.45, 2.75) is 6.92 Å². The van der Waals surface area contributed by atoms with Crippen molar-refractivity contribution in [2.75, 3.05) is 30.8 Å². The maximum absolute atomic E-state index is 11.8. The standard InChI is InChI=1S/C13H13Cl2N3O4S/c1-7-8(14)4-9(15)12(16-7)17-10(19)6-22-11(20)5-18-2-3-23-13(18)21/h4H,2-3,5-6H2,1H3,(H,16,17,19). The van der Waals surface area contributed by atoms with Crippen molar-refractivity contribution in [3.05, 3.63) is 21.8 Å². The molecule has 124 valence electrons. The van der Waals surface area contributed by atoms with E-state index in [0.717, 1.165) is 11.8 Å². The Balaban J connectivity index is 1.82. The molecule has 1 aliphatic heterocycles. The van der Waals surface area contributed by atoms with Crippen LogP contribution in [0.15, 0.2) is 6.07 Å². The lowest BCUT2D eigenvalue weighted by atomic mass is 10.3. The molecule has 1 fully saturated rings. The molecule has 1 aromatic heterocycles. The van der Waals surface area contributed by atoms with E-state index in [1.165, 1.54) is 11.0 Å². The van der Waals surface area contributed by atoms with Crippen molar-refractivity contribution < 1.29 is 19.1 Å². The third-order valence-corrected chi connectivity index (χ3v) is 4.45. The predicted molar refractivity (Wildman–Crippen MR) is 88.0 cm³/mol. The number of esters is 1. The third-order valence-electron chi connectivity index (χ3n) is 2.89. The van der Waals surface area contributed by atoms with E-state index in [9.17, 15) is 14.4 Å². The molecule has 7 nitrogen and oxygen atoms in total. The molecule has 2 rings (SSSR count). The molecule has 0 spiro atoms. The van der Waals surface area contributed by atoms with Gasteiger partial charge in [0.25, 0.3) is 11.1 Å². The molecule has 1 aliphatic rings. The van der Waals surface area contributed by atoms with Gasteiger partial charge in [0.2, 0.25) is 0 Å². The fourth-order valence-corrected chi connectivity index (χ4v) is 2.96. The van der Waals surface area contributed by atoms with Gasteiger partial charge in [0.05, 0.1) is 15.7 Å². The molecular formula is C13H13Cl2N3O4S. The molecule has 2 amide bonds. The summed E-state index contributed by atoms with van der Waals surface area (Å²) < 4.78 is 4.83. The van der Waals surface area contributed by atoms with Crippen molar-refractivity contribution in [1.82, 2.24) is 9.88 Å². The van der Waals surface area contributed by atoms with Crippen LogP contribution in [0.4, 0.5) is 10.6 Å². The molecule has 0 saturated carbocycles. The van der Waals surface area contributed by atoms with Crippen LogP contribution in [0.3, 0.4) is 0 Å². The van der Waals surface area contributed by atoms with Crippen LogP contribution in [-0.4, -0.2) is 52.4 Å². The minimum atomic E-state index is -0.651. The van der Waals surface area contributed by atoms with Gasteiger partial charge >= 0.3 is 5.97 Å². The Morgan fingerprint density at radius 1 is 1.43 bits per heavy atom. The van der Waals surface area contributed by atoms with Gasteiger partial charge in [0.15, 0.2) is 12.4 Å². The van der Waals surface area contributed by atoms with Crippen molar-refractivity contribution >= 4 is 57.9 Å². The van der Waals surface area contributed by atoms with E-state index in [0.29, 0.717) is 23.0 Å². The fourth-order valence-electron chi connectivity index (χ4n) is 1.73. The number of anilines is 1. The Kier molecular flexibility index (Phi) is 6.09. The number of carbonyl (C=O) groups is 3. The summed E-state index contributed by atoms with van der Waals surface area (Å²) in [7, 11) is 0. The van der Waals surface area contributed by atoms with Crippen molar-refractivity contribution in [3.63, 3.8) is 0 Å².